The molecule has 0 heterocycles. The Labute approximate surface area is 117 Å². The summed E-state index contributed by atoms with van der Waals surface area (Å²) in [6.07, 6.45) is 4.18. The van der Waals surface area contributed by atoms with E-state index in [-0.39, 0.29) is 5.91 Å². The van der Waals surface area contributed by atoms with Crippen molar-refractivity contribution < 1.29 is 4.79 Å². The van der Waals surface area contributed by atoms with Crippen LogP contribution in [0.25, 0.3) is 0 Å². The van der Waals surface area contributed by atoms with Crippen molar-refractivity contribution in [1.82, 2.24) is 5.32 Å². The standard InChI is InChI=1S/C14H21BrN2O/c1-2-3-4-10-16-11-9-14(18)17-13-7-5-12(15)6-8-13/h5-8,16H,2-4,9-11H2,1H3,(H,17,18). The maximum atomic E-state index is 11.6. The SMILES string of the molecule is CCCCCNCCC(=O)Nc1ccc(Br)cc1. The van der Waals surface area contributed by atoms with Crippen molar-refractivity contribution in [2.24, 2.45) is 0 Å². The first-order valence-corrected chi connectivity index (χ1v) is 7.28. The molecule has 0 bridgehead atoms. The predicted octanol–water partition coefficient (Wildman–Crippen LogP) is 3.56. The van der Waals surface area contributed by atoms with Gasteiger partial charge in [-0.2, -0.15) is 0 Å². The highest BCUT2D eigenvalue weighted by Gasteiger charge is 2.01. The molecule has 1 aromatic rings. The van der Waals surface area contributed by atoms with E-state index in [4.69, 9.17) is 0 Å². The lowest BCUT2D eigenvalue weighted by molar-refractivity contribution is -0.116. The van der Waals surface area contributed by atoms with Crippen molar-refractivity contribution in [2.75, 3.05) is 18.4 Å². The third kappa shape index (κ3) is 6.77. The van der Waals surface area contributed by atoms with Crippen LogP contribution >= 0.6 is 15.9 Å². The van der Waals surface area contributed by atoms with Gasteiger partial charge in [-0.25, -0.2) is 0 Å². The molecule has 3 nitrogen and oxygen atoms in total. The highest BCUT2D eigenvalue weighted by atomic mass is 79.9. The third-order valence-corrected chi connectivity index (χ3v) is 3.14. The summed E-state index contributed by atoms with van der Waals surface area (Å²) < 4.78 is 1.01. The van der Waals surface area contributed by atoms with E-state index in [1.165, 1.54) is 19.3 Å². The molecular formula is C14H21BrN2O. The van der Waals surface area contributed by atoms with Crippen LogP contribution in [0.5, 0.6) is 0 Å². The monoisotopic (exact) mass is 312 g/mol. The Morgan fingerprint density at radius 3 is 2.56 bits per heavy atom. The Morgan fingerprint density at radius 1 is 1.17 bits per heavy atom. The van der Waals surface area contributed by atoms with E-state index in [1.54, 1.807) is 0 Å². The van der Waals surface area contributed by atoms with E-state index in [2.05, 4.69) is 33.5 Å². The van der Waals surface area contributed by atoms with Crippen LogP contribution in [0, 0.1) is 0 Å². The number of carbonyl (C=O) groups excluding carboxylic acids is 1. The number of halogens is 1. The zero-order valence-electron chi connectivity index (χ0n) is 10.8. The van der Waals surface area contributed by atoms with Crippen molar-refractivity contribution in [3.8, 4) is 0 Å². The molecule has 0 aromatic heterocycles. The normalized spacial score (nSPS) is 10.3. The summed E-state index contributed by atoms with van der Waals surface area (Å²) in [7, 11) is 0. The van der Waals surface area contributed by atoms with Crippen LogP contribution in [0.3, 0.4) is 0 Å². The lowest BCUT2D eigenvalue weighted by Gasteiger charge is -2.06. The van der Waals surface area contributed by atoms with Gasteiger partial charge in [0.05, 0.1) is 0 Å². The van der Waals surface area contributed by atoms with E-state index < -0.39 is 0 Å². The zero-order valence-corrected chi connectivity index (χ0v) is 12.4. The second-order valence-corrected chi connectivity index (χ2v) is 5.18. The predicted molar refractivity (Wildman–Crippen MR) is 79.8 cm³/mol. The number of anilines is 1. The summed E-state index contributed by atoms with van der Waals surface area (Å²) in [6, 6.07) is 7.60. The third-order valence-electron chi connectivity index (χ3n) is 2.61. The Balaban J connectivity index is 2.12. The second kappa shape index (κ2) is 9.11. The van der Waals surface area contributed by atoms with Crippen molar-refractivity contribution in [3.63, 3.8) is 0 Å². The topological polar surface area (TPSA) is 41.1 Å². The van der Waals surface area contributed by atoms with E-state index in [0.717, 1.165) is 23.2 Å². The van der Waals surface area contributed by atoms with Crippen LogP contribution in [-0.2, 0) is 4.79 Å². The summed E-state index contributed by atoms with van der Waals surface area (Å²) >= 11 is 3.36. The van der Waals surface area contributed by atoms with Crippen molar-refractivity contribution >= 4 is 27.5 Å². The van der Waals surface area contributed by atoms with Crippen LogP contribution in [0.15, 0.2) is 28.7 Å². The fraction of sp³-hybridized carbons (Fsp3) is 0.500. The van der Waals surface area contributed by atoms with Gasteiger partial charge >= 0.3 is 0 Å². The number of nitrogens with one attached hydrogen (secondary N) is 2. The molecule has 0 saturated carbocycles. The first kappa shape index (κ1) is 15.2. The maximum Gasteiger partial charge on any atom is 0.225 e. The van der Waals surface area contributed by atoms with Gasteiger partial charge in [-0.3, -0.25) is 4.79 Å². The van der Waals surface area contributed by atoms with Gasteiger partial charge in [-0.05, 0) is 37.2 Å². The summed E-state index contributed by atoms with van der Waals surface area (Å²) in [5, 5.41) is 6.15. The Kier molecular flexibility index (Phi) is 7.69. The molecule has 2 N–H and O–H groups in total. The molecule has 1 rings (SSSR count). The molecule has 0 aliphatic heterocycles. The minimum absolute atomic E-state index is 0.0558. The Hall–Kier alpha value is -0.870. The molecular weight excluding hydrogens is 292 g/mol. The Bertz CT molecular complexity index is 351. The highest BCUT2D eigenvalue weighted by molar-refractivity contribution is 9.10. The fourth-order valence-corrected chi connectivity index (χ4v) is 1.85. The van der Waals surface area contributed by atoms with Gasteiger partial charge in [0.25, 0.3) is 0 Å². The first-order chi connectivity index (χ1) is 8.72. The fourth-order valence-electron chi connectivity index (χ4n) is 1.58. The summed E-state index contributed by atoms with van der Waals surface area (Å²) in [5.41, 5.74) is 0.842. The second-order valence-electron chi connectivity index (χ2n) is 4.26. The molecule has 4 heteroatoms. The van der Waals surface area contributed by atoms with Gasteiger partial charge in [-0.1, -0.05) is 35.7 Å². The number of hydrogen-bond donors (Lipinski definition) is 2. The van der Waals surface area contributed by atoms with Gasteiger partial charge in [0.2, 0.25) is 5.91 Å². The summed E-state index contributed by atoms with van der Waals surface area (Å²) in [4.78, 5) is 11.6. The summed E-state index contributed by atoms with van der Waals surface area (Å²) in [5.74, 6) is 0.0558. The molecule has 100 valence electrons. The van der Waals surface area contributed by atoms with Gasteiger partial charge in [-0.15, -0.1) is 0 Å². The molecule has 0 aliphatic rings. The van der Waals surface area contributed by atoms with Crippen LogP contribution < -0.4 is 10.6 Å². The minimum Gasteiger partial charge on any atom is -0.326 e. The van der Waals surface area contributed by atoms with Gasteiger partial charge in [0.15, 0.2) is 0 Å². The number of benzene rings is 1. The molecule has 0 spiro atoms. The van der Waals surface area contributed by atoms with Gasteiger partial charge in [0.1, 0.15) is 0 Å². The van der Waals surface area contributed by atoms with E-state index in [1.807, 2.05) is 24.3 Å². The molecule has 0 saturated heterocycles. The molecule has 18 heavy (non-hydrogen) atoms. The number of amides is 1. The largest absolute Gasteiger partial charge is 0.326 e. The Morgan fingerprint density at radius 2 is 1.89 bits per heavy atom. The van der Waals surface area contributed by atoms with Crippen molar-refractivity contribution in [1.29, 1.82) is 0 Å². The lowest BCUT2D eigenvalue weighted by atomic mass is 10.2. The van der Waals surface area contributed by atoms with E-state index in [9.17, 15) is 4.79 Å². The molecule has 0 radical (unpaired) electrons. The van der Waals surface area contributed by atoms with Gasteiger partial charge < -0.3 is 10.6 Å². The molecule has 1 amide bonds. The van der Waals surface area contributed by atoms with E-state index >= 15 is 0 Å². The molecule has 1 aromatic carbocycles. The van der Waals surface area contributed by atoms with Crippen LogP contribution in [-0.4, -0.2) is 19.0 Å². The van der Waals surface area contributed by atoms with Crippen LogP contribution in [0.2, 0.25) is 0 Å². The maximum absolute atomic E-state index is 11.6. The smallest absolute Gasteiger partial charge is 0.225 e. The first-order valence-electron chi connectivity index (χ1n) is 6.48. The van der Waals surface area contributed by atoms with Crippen LogP contribution in [0.4, 0.5) is 5.69 Å². The molecule has 0 unspecified atom stereocenters. The number of hydrogen-bond acceptors (Lipinski definition) is 2. The van der Waals surface area contributed by atoms with Crippen molar-refractivity contribution in [2.45, 2.75) is 32.6 Å². The highest BCUT2D eigenvalue weighted by Crippen LogP contribution is 2.14. The number of rotatable bonds is 8. The molecule has 0 fully saturated rings. The average Bonchev–Trinajstić information content (AvgIpc) is 2.36. The average molecular weight is 313 g/mol. The van der Waals surface area contributed by atoms with Crippen molar-refractivity contribution in [3.05, 3.63) is 28.7 Å². The number of carbonyl (C=O) groups is 1. The minimum atomic E-state index is 0.0558. The lowest BCUT2D eigenvalue weighted by Crippen LogP contribution is -2.22. The molecule has 0 atom stereocenters. The quantitative estimate of drug-likeness (QED) is 0.721. The van der Waals surface area contributed by atoms with Crippen LogP contribution in [0.1, 0.15) is 32.6 Å². The molecule has 0 aliphatic carbocycles. The zero-order chi connectivity index (χ0) is 13.2. The summed E-state index contributed by atoms with van der Waals surface area (Å²) in [6.45, 7) is 3.93. The number of unbranched alkanes of at least 4 members (excludes halogenated alkanes) is 2. The van der Waals surface area contributed by atoms with Gasteiger partial charge in [0, 0.05) is 23.1 Å². The van der Waals surface area contributed by atoms with E-state index in [0.29, 0.717) is 6.42 Å².